The molecule has 0 atom stereocenters. The van der Waals surface area contributed by atoms with Crippen LogP contribution in [-0.4, -0.2) is 56.8 Å². The Morgan fingerprint density at radius 2 is 2.13 bits per heavy atom. The van der Waals surface area contributed by atoms with Crippen LogP contribution in [0.2, 0.25) is 0 Å². The highest BCUT2D eigenvalue weighted by atomic mass is 127. The van der Waals surface area contributed by atoms with Gasteiger partial charge in [-0.1, -0.05) is 0 Å². The van der Waals surface area contributed by atoms with Gasteiger partial charge in [-0.25, -0.2) is 13.1 Å². The Hall–Kier alpha value is -0.330. The molecule has 0 spiro atoms. The van der Waals surface area contributed by atoms with Crippen LogP contribution in [-0.2, 0) is 23.6 Å². The number of hydrogen-bond donors (Lipinski definition) is 2. The monoisotopic (exact) mass is 521 g/mol. The van der Waals surface area contributed by atoms with Gasteiger partial charge in [0.05, 0.1) is 19.3 Å². The van der Waals surface area contributed by atoms with Gasteiger partial charge < -0.3 is 14.8 Å². The number of aliphatic imine (C=N–C) groups is 1. The summed E-state index contributed by atoms with van der Waals surface area (Å²) >= 11 is 3.46. The van der Waals surface area contributed by atoms with Crippen LogP contribution in [0.5, 0.6) is 0 Å². The van der Waals surface area contributed by atoms with Crippen molar-refractivity contribution < 1.29 is 8.42 Å². The van der Waals surface area contributed by atoms with Crippen molar-refractivity contribution in [3.8, 4) is 0 Å². The lowest BCUT2D eigenvalue weighted by atomic mass is 10.4. The van der Waals surface area contributed by atoms with Crippen LogP contribution >= 0.6 is 39.9 Å². The fraction of sp³-hybridized carbons (Fsp3) is 0.615. The highest BCUT2D eigenvalue weighted by Crippen LogP contribution is 2.14. The van der Waals surface area contributed by atoms with Gasteiger partial charge >= 0.3 is 0 Å². The van der Waals surface area contributed by atoms with Crippen molar-refractivity contribution in [3.63, 3.8) is 0 Å². The smallest absolute Gasteiger partial charge is 0.208 e. The second-order valence-electron chi connectivity index (χ2n) is 5.02. The van der Waals surface area contributed by atoms with Crippen molar-refractivity contribution in [1.29, 1.82) is 0 Å². The van der Waals surface area contributed by atoms with E-state index in [1.807, 2.05) is 32.1 Å². The fourth-order valence-electron chi connectivity index (χ4n) is 1.90. The Balaban J connectivity index is 0.00000484. The van der Waals surface area contributed by atoms with Gasteiger partial charge in [0, 0.05) is 43.5 Å². The molecule has 23 heavy (non-hydrogen) atoms. The molecule has 1 rings (SSSR count). The number of guanidine groups is 1. The molecule has 1 aromatic rings. The molecule has 0 radical (unpaired) electrons. The second kappa shape index (κ2) is 10.5. The van der Waals surface area contributed by atoms with E-state index in [0.717, 1.165) is 28.9 Å². The van der Waals surface area contributed by atoms with Gasteiger partial charge in [0.25, 0.3) is 0 Å². The summed E-state index contributed by atoms with van der Waals surface area (Å²) in [6.07, 6.45) is 3.14. The number of aryl methyl sites for hydroxylation is 1. The van der Waals surface area contributed by atoms with E-state index in [1.165, 1.54) is 0 Å². The van der Waals surface area contributed by atoms with Crippen LogP contribution in [0, 0.1) is 0 Å². The Bertz CT molecular complexity index is 618. The molecule has 0 amide bonds. The molecule has 0 saturated heterocycles. The van der Waals surface area contributed by atoms with Gasteiger partial charge in [0.15, 0.2) is 5.96 Å². The summed E-state index contributed by atoms with van der Waals surface area (Å²) in [6, 6.07) is 2.06. The zero-order valence-electron chi connectivity index (χ0n) is 13.8. The maximum Gasteiger partial charge on any atom is 0.208 e. The molecular formula is C13H25BrIN5O2S. The van der Waals surface area contributed by atoms with Gasteiger partial charge in [-0.3, -0.25) is 4.99 Å². The first-order valence-corrected chi connectivity index (χ1v) is 9.66. The maximum atomic E-state index is 11.0. The summed E-state index contributed by atoms with van der Waals surface area (Å²) in [5, 5.41) is 3.20. The summed E-state index contributed by atoms with van der Waals surface area (Å²) in [7, 11) is 0.777. The van der Waals surface area contributed by atoms with E-state index in [4.69, 9.17) is 0 Å². The van der Waals surface area contributed by atoms with Crippen LogP contribution in [0.15, 0.2) is 21.7 Å². The lowest BCUT2D eigenvalue weighted by Crippen LogP contribution is -2.39. The molecule has 1 heterocycles. The molecule has 0 aromatic carbocycles. The minimum absolute atomic E-state index is 0. The fourth-order valence-corrected chi connectivity index (χ4v) is 2.94. The molecule has 0 aliphatic rings. The molecular weight excluding hydrogens is 497 g/mol. The van der Waals surface area contributed by atoms with Crippen molar-refractivity contribution in [1.82, 2.24) is 19.5 Å². The van der Waals surface area contributed by atoms with Gasteiger partial charge in [-0.15, -0.1) is 24.0 Å². The number of rotatable bonds is 7. The number of aromatic nitrogens is 1. The molecule has 0 bridgehead atoms. The highest BCUT2D eigenvalue weighted by molar-refractivity contribution is 14.0. The Labute approximate surface area is 164 Å². The van der Waals surface area contributed by atoms with Gasteiger partial charge in [0.2, 0.25) is 10.0 Å². The summed E-state index contributed by atoms with van der Waals surface area (Å²) in [5.41, 5.74) is 1.15. The molecule has 0 saturated carbocycles. The predicted octanol–water partition coefficient (Wildman–Crippen LogP) is 1.35. The Kier molecular flexibility index (Phi) is 10.4. The maximum absolute atomic E-state index is 11.0. The SMILES string of the molecule is CCNC(=NCCNS(C)(=O)=O)N(C)Cc1cc(Br)cn1C.I. The van der Waals surface area contributed by atoms with E-state index in [1.54, 1.807) is 0 Å². The number of sulfonamides is 1. The molecule has 10 heteroatoms. The lowest BCUT2D eigenvalue weighted by Gasteiger charge is -2.22. The van der Waals surface area contributed by atoms with Crippen LogP contribution in [0.25, 0.3) is 0 Å². The topological polar surface area (TPSA) is 78.7 Å². The molecule has 1 aromatic heterocycles. The predicted molar refractivity (Wildman–Crippen MR) is 109 cm³/mol. The lowest BCUT2D eigenvalue weighted by molar-refractivity contribution is 0.462. The van der Waals surface area contributed by atoms with E-state index in [-0.39, 0.29) is 30.5 Å². The summed E-state index contributed by atoms with van der Waals surface area (Å²) in [4.78, 5) is 6.44. The second-order valence-corrected chi connectivity index (χ2v) is 7.77. The minimum atomic E-state index is -3.17. The highest BCUT2D eigenvalue weighted by Gasteiger charge is 2.09. The molecule has 0 unspecified atom stereocenters. The van der Waals surface area contributed by atoms with Crippen LogP contribution < -0.4 is 10.0 Å². The average Bonchev–Trinajstić information content (AvgIpc) is 2.70. The van der Waals surface area contributed by atoms with Crippen molar-refractivity contribution in [3.05, 3.63) is 22.4 Å². The van der Waals surface area contributed by atoms with Crippen molar-refractivity contribution in [2.24, 2.45) is 12.0 Å². The normalized spacial score (nSPS) is 12.0. The van der Waals surface area contributed by atoms with E-state index in [9.17, 15) is 8.42 Å². The number of hydrogen-bond acceptors (Lipinski definition) is 3. The quantitative estimate of drug-likeness (QED) is 0.246. The Morgan fingerprint density at radius 1 is 1.48 bits per heavy atom. The minimum Gasteiger partial charge on any atom is -0.357 e. The van der Waals surface area contributed by atoms with Crippen LogP contribution in [0.3, 0.4) is 0 Å². The molecule has 0 fully saturated rings. The van der Waals surface area contributed by atoms with Crippen molar-refractivity contribution >= 4 is 55.9 Å². The molecule has 2 N–H and O–H groups in total. The van der Waals surface area contributed by atoms with E-state index < -0.39 is 10.0 Å². The summed E-state index contributed by atoms with van der Waals surface area (Å²) < 4.78 is 27.6. The van der Waals surface area contributed by atoms with E-state index >= 15 is 0 Å². The molecule has 7 nitrogen and oxygen atoms in total. The molecule has 0 aliphatic heterocycles. The van der Waals surface area contributed by atoms with Crippen molar-refractivity contribution in [2.75, 3.05) is 32.9 Å². The zero-order chi connectivity index (χ0) is 16.8. The van der Waals surface area contributed by atoms with Crippen LogP contribution in [0.1, 0.15) is 12.6 Å². The summed E-state index contributed by atoms with van der Waals surface area (Å²) in [6.45, 7) is 4.12. The third-order valence-electron chi connectivity index (χ3n) is 2.91. The standard InChI is InChI=1S/C13H24BrN5O2S.HI/c1-5-15-13(16-6-7-17-22(4,20)21)19(3)10-12-8-11(14)9-18(12)2;/h8-9,17H,5-7,10H2,1-4H3,(H,15,16);1H. The third-order valence-corrected chi connectivity index (χ3v) is 4.07. The largest absolute Gasteiger partial charge is 0.357 e. The first-order chi connectivity index (χ1) is 10.2. The van der Waals surface area contributed by atoms with Gasteiger partial charge in [-0.05, 0) is 28.9 Å². The first-order valence-electron chi connectivity index (χ1n) is 6.97. The average molecular weight is 522 g/mol. The molecule has 0 aliphatic carbocycles. The molecule has 134 valence electrons. The third kappa shape index (κ3) is 8.91. The first kappa shape index (κ1) is 22.7. The van der Waals surface area contributed by atoms with Gasteiger partial charge in [-0.2, -0.15) is 0 Å². The summed E-state index contributed by atoms with van der Waals surface area (Å²) in [5.74, 6) is 0.745. The van der Waals surface area contributed by atoms with Gasteiger partial charge in [0.1, 0.15) is 0 Å². The number of nitrogens with one attached hydrogen (secondary N) is 2. The van der Waals surface area contributed by atoms with E-state index in [2.05, 4.69) is 41.6 Å². The number of halogens is 2. The number of nitrogens with zero attached hydrogens (tertiary/aromatic N) is 3. The van der Waals surface area contributed by atoms with Crippen LogP contribution in [0.4, 0.5) is 0 Å². The van der Waals surface area contributed by atoms with Crippen molar-refractivity contribution in [2.45, 2.75) is 13.5 Å². The zero-order valence-corrected chi connectivity index (χ0v) is 18.6. The Morgan fingerprint density at radius 3 is 2.61 bits per heavy atom. The van der Waals surface area contributed by atoms with E-state index in [0.29, 0.717) is 13.1 Å².